The number of fused-ring (bicyclic) bond motifs is 1. The number of hydrogen-bond donors (Lipinski definition) is 0. The van der Waals surface area contributed by atoms with Crippen molar-refractivity contribution in [2.45, 2.75) is 26.2 Å². The van der Waals surface area contributed by atoms with E-state index in [0.29, 0.717) is 0 Å². The first-order chi connectivity index (χ1) is 7.65. The summed E-state index contributed by atoms with van der Waals surface area (Å²) in [4.78, 5) is 0. The molecule has 0 saturated carbocycles. The van der Waals surface area contributed by atoms with Gasteiger partial charge in [-0.2, -0.15) is 0 Å². The number of rotatable bonds is 2. The second-order valence-corrected chi connectivity index (χ2v) is 4.75. The van der Waals surface area contributed by atoms with Crippen molar-refractivity contribution in [3.63, 3.8) is 0 Å². The van der Waals surface area contributed by atoms with Crippen LogP contribution in [0.5, 0.6) is 0 Å². The Morgan fingerprint density at radius 3 is 2.56 bits per heavy atom. The Balaban J connectivity index is 2.43. The quantitative estimate of drug-likeness (QED) is 0.631. The monoisotopic (exact) mass is 210 g/mol. The summed E-state index contributed by atoms with van der Waals surface area (Å²) in [5.41, 5.74) is 4.29. The predicted octanol–water partition coefficient (Wildman–Crippen LogP) is 4.49. The van der Waals surface area contributed by atoms with Crippen molar-refractivity contribution in [2.24, 2.45) is 0 Å². The van der Waals surface area contributed by atoms with Crippen molar-refractivity contribution in [3.05, 3.63) is 65.8 Å². The molecule has 0 unspecified atom stereocenters. The molecular weight excluding hydrogens is 192 g/mol. The predicted molar refractivity (Wildman–Crippen MR) is 71.4 cm³/mol. The van der Waals surface area contributed by atoms with Gasteiger partial charge >= 0.3 is 0 Å². The van der Waals surface area contributed by atoms with Crippen molar-refractivity contribution < 1.29 is 0 Å². The number of allylic oxidation sites excluding steroid dienone is 6. The molecule has 0 heterocycles. The van der Waals surface area contributed by atoms with E-state index in [1.807, 2.05) is 13.0 Å². The maximum atomic E-state index is 2.34. The van der Waals surface area contributed by atoms with Crippen molar-refractivity contribution >= 4 is 5.57 Å². The molecule has 0 aromatic heterocycles. The van der Waals surface area contributed by atoms with Gasteiger partial charge in [0.2, 0.25) is 0 Å². The fourth-order valence-corrected chi connectivity index (χ4v) is 2.25. The summed E-state index contributed by atoms with van der Waals surface area (Å²) < 4.78 is 0. The number of hydrogen-bond acceptors (Lipinski definition) is 0. The summed E-state index contributed by atoms with van der Waals surface area (Å²) >= 11 is 0. The van der Waals surface area contributed by atoms with Gasteiger partial charge in [0, 0.05) is 5.41 Å². The third kappa shape index (κ3) is 1.88. The zero-order valence-electron chi connectivity index (χ0n) is 10.2. The maximum Gasteiger partial charge on any atom is 0.00906 e. The van der Waals surface area contributed by atoms with Crippen LogP contribution in [0.2, 0.25) is 0 Å². The first kappa shape index (κ1) is 10.9. The highest BCUT2D eigenvalue weighted by Crippen LogP contribution is 2.40. The van der Waals surface area contributed by atoms with Crippen LogP contribution in [0.1, 0.15) is 31.9 Å². The van der Waals surface area contributed by atoms with Gasteiger partial charge in [0.15, 0.2) is 0 Å². The highest BCUT2D eigenvalue weighted by molar-refractivity contribution is 5.82. The average Bonchev–Trinajstić information content (AvgIpc) is 2.52. The van der Waals surface area contributed by atoms with Crippen LogP contribution in [0.3, 0.4) is 0 Å². The molecule has 0 amide bonds. The molecule has 1 aliphatic rings. The molecule has 0 saturated heterocycles. The standard InChI is InChI=1S/C16H18/c1-4-5-6-9-13-12-16(2,3)15-11-8-7-10-14(13)15/h4-12H,1-3H3/b5-4-,9-6-. The van der Waals surface area contributed by atoms with Crippen LogP contribution in [0.15, 0.2) is 54.6 Å². The Morgan fingerprint density at radius 1 is 1.06 bits per heavy atom. The summed E-state index contributed by atoms with van der Waals surface area (Å²) in [5.74, 6) is 0. The van der Waals surface area contributed by atoms with Gasteiger partial charge in [-0.1, -0.05) is 68.5 Å². The molecule has 82 valence electrons. The summed E-state index contributed by atoms with van der Waals surface area (Å²) in [6.07, 6.45) is 10.7. The lowest BCUT2D eigenvalue weighted by Crippen LogP contribution is -2.10. The minimum atomic E-state index is 0.159. The van der Waals surface area contributed by atoms with Crippen molar-refractivity contribution in [1.29, 1.82) is 0 Å². The zero-order valence-corrected chi connectivity index (χ0v) is 10.2. The second-order valence-electron chi connectivity index (χ2n) is 4.75. The first-order valence-electron chi connectivity index (χ1n) is 5.77. The Morgan fingerprint density at radius 2 is 1.81 bits per heavy atom. The van der Waals surface area contributed by atoms with E-state index in [1.165, 1.54) is 16.7 Å². The van der Waals surface area contributed by atoms with Crippen LogP contribution in [-0.2, 0) is 5.41 Å². The maximum absolute atomic E-state index is 2.34. The summed E-state index contributed by atoms with van der Waals surface area (Å²) in [5, 5.41) is 0. The second kappa shape index (κ2) is 4.13. The van der Waals surface area contributed by atoms with E-state index in [4.69, 9.17) is 0 Å². The first-order valence-corrected chi connectivity index (χ1v) is 5.77. The molecule has 0 radical (unpaired) electrons. The van der Waals surface area contributed by atoms with Gasteiger partial charge in [0.05, 0.1) is 0 Å². The van der Waals surface area contributed by atoms with Crippen molar-refractivity contribution in [3.8, 4) is 0 Å². The molecule has 16 heavy (non-hydrogen) atoms. The third-order valence-electron chi connectivity index (χ3n) is 3.03. The van der Waals surface area contributed by atoms with Crippen molar-refractivity contribution in [1.82, 2.24) is 0 Å². The Hall–Kier alpha value is -1.56. The molecule has 0 spiro atoms. The van der Waals surface area contributed by atoms with E-state index in [0.717, 1.165) is 0 Å². The van der Waals surface area contributed by atoms with E-state index < -0.39 is 0 Å². The fourth-order valence-electron chi connectivity index (χ4n) is 2.25. The normalized spacial score (nSPS) is 18.1. The molecule has 0 atom stereocenters. The van der Waals surface area contributed by atoms with E-state index in [9.17, 15) is 0 Å². The van der Waals surface area contributed by atoms with Crippen LogP contribution in [0, 0.1) is 0 Å². The Labute approximate surface area is 98.0 Å². The van der Waals surface area contributed by atoms with Gasteiger partial charge in [0.25, 0.3) is 0 Å². The molecule has 0 heteroatoms. The van der Waals surface area contributed by atoms with Crippen molar-refractivity contribution in [2.75, 3.05) is 0 Å². The lowest BCUT2D eigenvalue weighted by atomic mass is 9.87. The van der Waals surface area contributed by atoms with Crippen LogP contribution in [0.25, 0.3) is 5.57 Å². The average molecular weight is 210 g/mol. The van der Waals surface area contributed by atoms with Gasteiger partial charge < -0.3 is 0 Å². The van der Waals surface area contributed by atoms with Crippen LogP contribution in [-0.4, -0.2) is 0 Å². The smallest absolute Gasteiger partial charge is 0.00906 e. The van der Waals surface area contributed by atoms with Crippen LogP contribution in [0.4, 0.5) is 0 Å². The van der Waals surface area contributed by atoms with E-state index >= 15 is 0 Å². The lowest BCUT2D eigenvalue weighted by Gasteiger charge is -2.16. The largest absolute Gasteiger partial charge is 0.0877 e. The molecule has 1 aromatic carbocycles. The Bertz CT molecular complexity index is 471. The summed E-state index contributed by atoms with van der Waals surface area (Å²) in [6, 6.07) is 8.66. The molecule has 0 nitrogen and oxygen atoms in total. The van der Waals surface area contributed by atoms with Gasteiger partial charge in [-0.05, 0) is 23.6 Å². The lowest BCUT2D eigenvalue weighted by molar-refractivity contribution is 0.683. The molecule has 1 aromatic rings. The van der Waals surface area contributed by atoms with Gasteiger partial charge in [-0.15, -0.1) is 0 Å². The third-order valence-corrected chi connectivity index (χ3v) is 3.03. The molecule has 2 rings (SSSR count). The van der Waals surface area contributed by atoms with Crippen LogP contribution < -0.4 is 0 Å². The molecule has 0 aliphatic heterocycles. The highest BCUT2D eigenvalue weighted by atomic mass is 14.3. The summed E-state index contributed by atoms with van der Waals surface area (Å²) in [7, 11) is 0. The van der Waals surface area contributed by atoms with E-state index in [2.05, 4.69) is 62.4 Å². The number of benzene rings is 1. The van der Waals surface area contributed by atoms with Gasteiger partial charge in [-0.3, -0.25) is 0 Å². The molecule has 0 fully saturated rings. The minimum Gasteiger partial charge on any atom is -0.0877 e. The zero-order chi connectivity index (χ0) is 11.6. The fraction of sp³-hybridized carbons (Fsp3) is 0.250. The van der Waals surface area contributed by atoms with Crippen LogP contribution >= 0.6 is 0 Å². The topological polar surface area (TPSA) is 0 Å². The molecule has 0 bridgehead atoms. The van der Waals surface area contributed by atoms with Gasteiger partial charge in [0.1, 0.15) is 0 Å². The molecule has 1 aliphatic carbocycles. The van der Waals surface area contributed by atoms with Gasteiger partial charge in [-0.25, -0.2) is 0 Å². The summed E-state index contributed by atoms with van der Waals surface area (Å²) in [6.45, 7) is 6.57. The van der Waals surface area contributed by atoms with E-state index in [1.54, 1.807) is 0 Å². The SMILES string of the molecule is C/C=C\C=C/C1=CC(C)(C)c2ccccc21. The molecular formula is C16H18. The molecule has 0 N–H and O–H groups in total. The minimum absolute atomic E-state index is 0.159. The highest BCUT2D eigenvalue weighted by Gasteiger charge is 2.27. The van der Waals surface area contributed by atoms with E-state index in [-0.39, 0.29) is 5.41 Å². The Kier molecular flexibility index (Phi) is 2.82.